The summed E-state index contributed by atoms with van der Waals surface area (Å²) >= 11 is 0. The minimum absolute atomic E-state index is 0.0195. The van der Waals surface area contributed by atoms with Crippen molar-refractivity contribution < 1.29 is 59.4 Å². The lowest BCUT2D eigenvalue weighted by molar-refractivity contribution is -0.143. The van der Waals surface area contributed by atoms with E-state index >= 15 is 4.39 Å². The maximum absolute atomic E-state index is 15.1. The van der Waals surface area contributed by atoms with Crippen molar-refractivity contribution in [3.63, 3.8) is 0 Å². The van der Waals surface area contributed by atoms with Crippen LogP contribution in [0.5, 0.6) is 17.4 Å². The molecule has 2 aromatic carbocycles. The molecule has 2 aliphatic heterocycles. The van der Waals surface area contributed by atoms with E-state index in [-0.39, 0.29) is 60.9 Å². The minimum Gasteiger partial charge on any atom is -0.494 e. The summed E-state index contributed by atoms with van der Waals surface area (Å²) in [6.45, 7) is 2.41. The third-order valence-corrected chi connectivity index (χ3v) is 15.1. The van der Waals surface area contributed by atoms with Crippen LogP contribution in [0.3, 0.4) is 0 Å². The molecular formula is C44H49F4N3O9S. The van der Waals surface area contributed by atoms with Crippen LogP contribution < -0.4 is 18.9 Å². The average Bonchev–Trinajstić information content (AvgIpc) is 4.12. The fraction of sp³-hybridized carbons (Fsp3) is 0.523. The molecule has 3 fully saturated rings. The topological polar surface area (TPSA) is 158 Å². The molecule has 1 aromatic heterocycles. The SMILES string of the molecule is COc1cc2c(OC)cnc(O[C@@H]3C[C@H]4C(=O)C[C@]5(C(=O)NS(=O)(=O)C6(CF)CC6)C[C@H]5/C=C\CC[C@@H](C)C[C@@H](C)[C@H](CC(=O)c5ccc(F)cc5F)C(=O)N4C3)c2cc1F. The molecule has 17 heteroatoms. The molecule has 328 valence electrons. The number of amides is 2. The van der Waals surface area contributed by atoms with Crippen LogP contribution in [0.25, 0.3) is 10.8 Å². The number of carbonyl (C=O) groups excluding carboxylic acids is 4. The molecule has 2 amide bonds. The zero-order valence-electron chi connectivity index (χ0n) is 34.3. The zero-order chi connectivity index (χ0) is 44.0. The number of halogens is 4. The van der Waals surface area contributed by atoms with Crippen LogP contribution in [0.2, 0.25) is 0 Å². The standard InChI is InChI=1S/C44H49F4N3O9S/c1-24-7-5-6-8-26-19-44(26,42(55)50-61(56,57)43(23-45)11-12-43)20-37(53)35-15-28(60-40-32-16-34(48)38(58-3)18-31(32)39(59-4)21-49-40)22-51(35)41(54)30(25(2)13-24)17-36(52)29-10-9-27(46)14-33(29)47/h6,8-10,14,16,18,21,24-26,28,30,35H,5,7,11-13,15,17,19-20,22-23H2,1-4H3,(H,50,55)/b8-6-/t24-,25-,26-,28-,30+,35+,44-/m1/s1. The number of hydrogen-bond acceptors (Lipinski definition) is 10. The van der Waals surface area contributed by atoms with Crippen molar-refractivity contribution in [2.24, 2.45) is 29.1 Å². The summed E-state index contributed by atoms with van der Waals surface area (Å²) in [6, 6.07) is 3.89. The summed E-state index contributed by atoms with van der Waals surface area (Å²) in [5, 5.41) is 0.607. The number of methoxy groups -OCH3 is 2. The van der Waals surface area contributed by atoms with Crippen LogP contribution in [0.1, 0.15) is 82.0 Å². The zero-order valence-corrected chi connectivity index (χ0v) is 35.2. The van der Waals surface area contributed by atoms with E-state index in [2.05, 4.69) is 9.71 Å². The Hall–Kier alpha value is -5.06. The quantitative estimate of drug-likeness (QED) is 0.123. The van der Waals surface area contributed by atoms with Crippen molar-refractivity contribution >= 4 is 44.2 Å². The monoisotopic (exact) mass is 871 g/mol. The highest BCUT2D eigenvalue weighted by molar-refractivity contribution is 7.91. The first kappa shape index (κ1) is 44.0. The van der Waals surface area contributed by atoms with Crippen LogP contribution in [0.15, 0.2) is 48.7 Å². The number of fused-ring (bicyclic) bond motifs is 3. The first-order chi connectivity index (χ1) is 29.0. The Morgan fingerprint density at radius 1 is 0.984 bits per heavy atom. The van der Waals surface area contributed by atoms with E-state index in [0.29, 0.717) is 30.7 Å². The number of benzene rings is 2. The van der Waals surface area contributed by atoms with Gasteiger partial charge in [0.1, 0.15) is 34.9 Å². The van der Waals surface area contributed by atoms with Gasteiger partial charge in [-0.2, -0.15) is 0 Å². The summed E-state index contributed by atoms with van der Waals surface area (Å²) in [4.78, 5) is 63.1. The molecule has 4 aliphatic rings. The molecule has 0 unspecified atom stereocenters. The van der Waals surface area contributed by atoms with Crippen molar-refractivity contribution in [1.82, 2.24) is 14.6 Å². The van der Waals surface area contributed by atoms with Crippen molar-refractivity contribution in [3.05, 3.63) is 71.7 Å². The van der Waals surface area contributed by atoms with Gasteiger partial charge in [0.15, 0.2) is 23.1 Å². The maximum Gasteiger partial charge on any atom is 0.243 e. The summed E-state index contributed by atoms with van der Waals surface area (Å²) < 4.78 is 102. The van der Waals surface area contributed by atoms with Gasteiger partial charge in [0.25, 0.3) is 0 Å². The number of alkyl halides is 1. The third-order valence-electron chi connectivity index (χ3n) is 13.0. The Balaban J connectivity index is 1.26. The van der Waals surface area contributed by atoms with Crippen LogP contribution in [0.4, 0.5) is 17.6 Å². The van der Waals surface area contributed by atoms with Crippen LogP contribution in [-0.2, 0) is 24.4 Å². The number of allylic oxidation sites excluding steroid dienone is 2. The van der Waals surface area contributed by atoms with Gasteiger partial charge in [-0.05, 0) is 80.5 Å². The van der Waals surface area contributed by atoms with Gasteiger partial charge in [0.2, 0.25) is 27.7 Å². The second-order valence-corrected chi connectivity index (χ2v) is 19.3. The average molecular weight is 872 g/mol. The van der Waals surface area contributed by atoms with Gasteiger partial charge in [0, 0.05) is 36.6 Å². The van der Waals surface area contributed by atoms with Crippen LogP contribution in [0, 0.1) is 46.5 Å². The molecule has 2 aliphatic carbocycles. The summed E-state index contributed by atoms with van der Waals surface area (Å²) in [6.07, 6.45) is 4.95. The van der Waals surface area contributed by atoms with Gasteiger partial charge in [0.05, 0.1) is 49.4 Å². The number of sulfonamides is 1. The highest BCUT2D eigenvalue weighted by Crippen LogP contribution is 2.58. The lowest BCUT2D eigenvalue weighted by Crippen LogP contribution is -2.48. The number of nitrogens with one attached hydrogen (secondary N) is 1. The summed E-state index contributed by atoms with van der Waals surface area (Å²) in [7, 11) is -1.71. The van der Waals surface area contributed by atoms with E-state index in [1.807, 2.05) is 13.0 Å². The van der Waals surface area contributed by atoms with Crippen molar-refractivity contribution in [3.8, 4) is 17.4 Å². The first-order valence-electron chi connectivity index (χ1n) is 20.4. The molecule has 3 aromatic rings. The van der Waals surface area contributed by atoms with Crippen LogP contribution >= 0.6 is 0 Å². The van der Waals surface area contributed by atoms with Gasteiger partial charge in [-0.1, -0.05) is 26.0 Å². The second kappa shape index (κ2) is 17.0. The largest absolute Gasteiger partial charge is 0.494 e. The van der Waals surface area contributed by atoms with E-state index in [4.69, 9.17) is 14.2 Å². The van der Waals surface area contributed by atoms with E-state index in [9.17, 15) is 40.8 Å². The number of pyridine rings is 1. The first-order valence-corrected chi connectivity index (χ1v) is 21.9. The Labute approximate surface area is 351 Å². The molecule has 7 rings (SSSR count). The maximum atomic E-state index is 15.1. The lowest BCUT2D eigenvalue weighted by Gasteiger charge is -2.32. The highest BCUT2D eigenvalue weighted by atomic mass is 32.2. The predicted molar refractivity (Wildman–Crippen MR) is 215 cm³/mol. The number of aromatic nitrogens is 1. The molecule has 0 spiro atoms. The van der Waals surface area contributed by atoms with Gasteiger partial charge < -0.3 is 19.1 Å². The van der Waals surface area contributed by atoms with Crippen molar-refractivity contribution in [2.75, 3.05) is 27.4 Å². The second-order valence-electron chi connectivity index (χ2n) is 17.2. The van der Waals surface area contributed by atoms with Gasteiger partial charge in [-0.15, -0.1) is 0 Å². The van der Waals surface area contributed by atoms with Gasteiger partial charge >= 0.3 is 0 Å². The van der Waals surface area contributed by atoms with Crippen molar-refractivity contribution in [2.45, 2.75) is 88.5 Å². The molecular weight excluding hydrogens is 823 g/mol. The summed E-state index contributed by atoms with van der Waals surface area (Å²) in [5.41, 5.74) is -1.91. The fourth-order valence-corrected chi connectivity index (χ4v) is 10.5. The lowest BCUT2D eigenvalue weighted by atomic mass is 9.80. The Bertz CT molecular complexity index is 2390. The highest BCUT2D eigenvalue weighted by Gasteiger charge is 2.63. The summed E-state index contributed by atoms with van der Waals surface area (Å²) in [5.74, 6) is -7.40. The molecule has 3 heterocycles. The van der Waals surface area contributed by atoms with Gasteiger partial charge in [-0.3, -0.25) is 23.9 Å². The third kappa shape index (κ3) is 8.58. The molecule has 2 saturated carbocycles. The van der Waals surface area contributed by atoms with E-state index in [1.54, 1.807) is 13.0 Å². The van der Waals surface area contributed by atoms with Gasteiger partial charge in [-0.25, -0.2) is 31.0 Å². The predicted octanol–water partition coefficient (Wildman–Crippen LogP) is 6.83. The molecule has 12 nitrogen and oxygen atoms in total. The van der Waals surface area contributed by atoms with E-state index in [1.165, 1.54) is 31.4 Å². The number of ketones is 2. The molecule has 0 bridgehead atoms. The smallest absolute Gasteiger partial charge is 0.243 e. The molecule has 1 N–H and O–H groups in total. The Kier molecular flexibility index (Phi) is 12.3. The van der Waals surface area contributed by atoms with E-state index < -0.39 is 116 Å². The molecule has 1 saturated heterocycles. The number of nitrogens with zero attached hydrogens (tertiary/aromatic N) is 2. The number of hydrogen-bond donors (Lipinski definition) is 1. The fourth-order valence-electron chi connectivity index (χ4n) is 9.03. The Morgan fingerprint density at radius 3 is 2.39 bits per heavy atom. The normalized spacial score (nSPS) is 28.2. The number of carbonyl (C=O) groups is 4. The number of rotatable bonds is 11. The number of Topliss-reactive ketones (excluding diaryl/α,β-unsaturated/α-hetero) is 2. The number of ether oxygens (including phenoxy) is 3. The van der Waals surface area contributed by atoms with E-state index in [0.717, 1.165) is 18.2 Å². The minimum atomic E-state index is -4.43. The van der Waals surface area contributed by atoms with Crippen LogP contribution in [-0.4, -0.2) is 86.0 Å². The Morgan fingerprint density at radius 2 is 1.72 bits per heavy atom. The molecule has 0 radical (unpaired) electrons. The molecule has 7 atom stereocenters. The molecule has 61 heavy (non-hydrogen) atoms. The van der Waals surface area contributed by atoms with Crippen molar-refractivity contribution in [1.29, 1.82) is 0 Å².